The van der Waals surface area contributed by atoms with Gasteiger partial charge < -0.3 is 15.2 Å². The van der Waals surface area contributed by atoms with Crippen molar-refractivity contribution in [2.24, 2.45) is 5.92 Å². The molecular formula is C9H15BO3. The van der Waals surface area contributed by atoms with Crippen molar-refractivity contribution in [2.45, 2.75) is 25.8 Å². The second-order valence-corrected chi connectivity index (χ2v) is 3.76. The Kier molecular flexibility index (Phi) is 2.96. The van der Waals surface area contributed by atoms with Crippen molar-refractivity contribution in [3.05, 3.63) is 23.8 Å². The fourth-order valence-corrected chi connectivity index (χ4v) is 1.28. The summed E-state index contributed by atoms with van der Waals surface area (Å²) in [6.45, 7) is 4.10. The Morgan fingerprint density at radius 3 is 2.38 bits per heavy atom. The van der Waals surface area contributed by atoms with Gasteiger partial charge in [-0.05, 0) is 17.9 Å². The van der Waals surface area contributed by atoms with Gasteiger partial charge in [0.15, 0.2) is 0 Å². The van der Waals surface area contributed by atoms with E-state index in [2.05, 4.69) is 13.8 Å². The standard InChI is InChI=1S/C9H15BO3/c1-7(2)8-3-5-9(11,6-4-8)10(12)13/h3-5,7,11-13H,6H2,1-2H3. The highest BCUT2D eigenvalue weighted by Crippen LogP contribution is 2.25. The normalized spacial score (nSPS) is 27.7. The first-order valence-electron chi connectivity index (χ1n) is 4.43. The van der Waals surface area contributed by atoms with Gasteiger partial charge in [0.1, 0.15) is 5.50 Å². The van der Waals surface area contributed by atoms with Crippen LogP contribution in [0, 0.1) is 5.92 Å². The minimum absolute atomic E-state index is 0.259. The Balaban J connectivity index is 2.73. The van der Waals surface area contributed by atoms with Crippen LogP contribution in [-0.4, -0.2) is 27.8 Å². The van der Waals surface area contributed by atoms with Gasteiger partial charge in [0.2, 0.25) is 0 Å². The van der Waals surface area contributed by atoms with Crippen LogP contribution in [0.5, 0.6) is 0 Å². The number of aliphatic hydroxyl groups is 1. The van der Waals surface area contributed by atoms with E-state index in [-0.39, 0.29) is 6.42 Å². The summed E-state index contributed by atoms with van der Waals surface area (Å²) < 4.78 is 0. The van der Waals surface area contributed by atoms with E-state index in [9.17, 15) is 5.11 Å². The molecule has 3 N–H and O–H groups in total. The van der Waals surface area contributed by atoms with Crippen LogP contribution in [0.1, 0.15) is 20.3 Å². The van der Waals surface area contributed by atoms with Crippen molar-refractivity contribution < 1.29 is 15.2 Å². The largest absolute Gasteiger partial charge is 0.490 e. The van der Waals surface area contributed by atoms with Gasteiger partial charge in [-0.3, -0.25) is 0 Å². The molecule has 0 fully saturated rings. The molecule has 0 aliphatic heterocycles. The maximum atomic E-state index is 9.62. The maximum absolute atomic E-state index is 9.62. The molecule has 1 atom stereocenters. The van der Waals surface area contributed by atoms with Crippen molar-refractivity contribution in [1.29, 1.82) is 0 Å². The molecule has 0 heterocycles. The summed E-state index contributed by atoms with van der Waals surface area (Å²) in [6, 6.07) is 0. The fraction of sp³-hybridized carbons (Fsp3) is 0.556. The van der Waals surface area contributed by atoms with E-state index in [1.165, 1.54) is 6.08 Å². The molecule has 1 rings (SSSR count). The molecule has 1 aliphatic rings. The second kappa shape index (κ2) is 3.66. The fourth-order valence-electron chi connectivity index (χ4n) is 1.28. The van der Waals surface area contributed by atoms with Crippen LogP contribution in [0.4, 0.5) is 0 Å². The molecule has 0 saturated carbocycles. The van der Waals surface area contributed by atoms with Crippen LogP contribution in [-0.2, 0) is 0 Å². The van der Waals surface area contributed by atoms with Gasteiger partial charge in [-0.2, -0.15) is 0 Å². The second-order valence-electron chi connectivity index (χ2n) is 3.76. The van der Waals surface area contributed by atoms with Gasteiger partial charge in [0.05, 0.1) is 0 Å². The lowest BCUT2D eigenvalue weighted by atomic mass is 9.64. The summed E-state index contributed by atoms with van der Waals surface area (Å²) in [7, 11) is -1.71. The first kappa shape index (κ1) is 10.5. The predicted octanol–water partition coefficient (Wildman–Crippen LogP) is 0.272. The summed E-state index contributed by atoms with van der Waals surface area (Å²) >= 11 is 0. The van der Waals surface area contributed by atoms with E-state index in [0.29, 0.717) is 5.92 Å². The van der Waals surface area contributed by atoms with E-state index in [4.69, 9.17) is 10.0 Å². The topological polar surface area (TPSA) is 60.7 Å². The van der Waals surface area contributed by atoms with Crippen LogP contribution >= 0.6 is 0 Å². The minimum Gasteiger partial charge on any atom is -0.425 e. The predicted molar refractivity (Wildman–Crippen MR) is 51.8 cm³/mol. The van der Waals surface area contributed by atoms with Gasteiger partial charge in [-0.25, -0.2) is 0 Å². The molecule has 0 aromatic heterocycles. The number of hydrogen-bond donors (Lipinski definition) is 3. The lowest BCUT2D eigenvalue weighted by Crippen LogP contribution is -2.45. The van der Waals surface area contributed by atoms with Gasteiger partial charge in [0, 0.05) is 0 Å². The first-order chi connectivity index (χ1) is 5.96. The van der Waals surface area contributed by atoms with E-state index < -0.39 is 12.6 Å². The smallest absolute Gasteiger partial charge is 0.425 e. The third-order valence-electron chi connectivity index (χ3n) is 2.34. The molecule has 1 unspecified atom stereocenters. The van der Waals surface area contributed by atoms with Gasteiger partial charge >= 0.3 is 7.12 Å². The van der Waals surface area contributed by atoms with Crippen LogP contribution < -0.4 is 0 Å². The molecule has 3 nitrogen and oxygen atoms in total. The highest BCUT2D eigenvalue weighted by Gasteiger charge is 2.38. The average Bonchev–Trinajstić information content (AvgIpc) is 2.04. The summed E-state index contributed by atoms with van der Waals surface area (Å²) in [5.74, 6) is 0.400. The molecule has 0 bridgehead atoms. The Labute approximate surface area is 78.5 Å². The molecule has 0 radical (unpaired) electrons. The van der Waals surface area contributed by atoms with E-state index in [1.807, 2.05) is 6.08 Å². The Morgan fingerprint density at radius 1 is 1.46 bits per heavy atom. The van der Waals surface area contributed by atoms with Crippen LogP contribution in [0.15, 0.2) is 23.8 Å². The molecule has 4 heteroatoms. The third kappa shape index (κ3) is 2.21. The molecule has 0 saturated heterocycles. The lowest BCUT2D eigenvalue weighted by Gasteiger charge is -2.26. The molecular weight excluding hydrogens is 167 g/mol. The van der Waals surface area contributed by atoms with E-state index in [0.717, 1.165) is 5.57 Å². The molecule has 1 aliphatic carbocycles. The highest BCUT2D eigenvalue weighted by molar-refractivity contribution is 6.46. The van der Waals surface area contributed by atoms with Gasteiger partial charge in [-0.1, -0.05) is 32.1 Å². The van der Waals surface area contributed by atoms with Gasteiger partial charge in [0.25, 0.3) is 0 Å². The lowest BCUT2D eigenvalue weighted by molar-refractivity contribution is 0.129. The Morgan fingerprint density at radius 2 is 2.08 bits per heavy atom. The number of rotatable bonds is 2. The Bertz CT molecular complexity index is 245. The summed E-state index contributed by atoms with van der Waals surface area (Å²) in [6.07, 6.45) is 5.29. The first-order valence-corrected chi connectivity index (χ1v) is 4.43. The van der Waals surface area contributed by atoms with Crippen molar-refractivity contribution in [2.75, 3.05) is 0 Å². The molecule has 0 amide bonds. The van der Waals surface area contributed by atoms with Crippen molar-refractivity contribution in [1.82, 2.24) is 0 Å². The summed E-state index contributed by atoms with van der Waals surface area (Å²) in [4.78, 5) is 0. The third-order valence-corrected chi connectivity index (χ3v) is 2.34. The van der Waals surface area contributed by atoms with Crippen molar-refractivity contribution >= 4 is 7.12 Å². The van der Waals surface area contributed by atoms with Crippen molar-refractivity contribution in [3.8, 4) is 0 Å². The van der Waals surface area contributed by atoms with Crippen molar-refractivity contribution in [3.63, 3.8) is 0 Å². The van der Waals surface area contributed by atoms with Crippen LogP contribution in [0.2, 0.25) is 0 Å². The highest BCUT2D eigenvalue weighted by atomic mass is 16.4. The number of hydrogen-bond acceptors (Lipinski definition) is 3. The monoisotopic (exact) mass is 182 g/mol. The SMILES string of the molecule is CC(C)C1=CCC(O)(B(O)O)C=C1. The van der Waals surface area contributed by atoms with Crippen LogP contribution in [0.3, 0.4) is 0 Å². The summed E-state index contributed by atoms with van der Waals surface area (Å²) in [5, 5.41) is 27.4. The zero-order valence-electron chi connectivity index (χ0n) is 7.94. The zero-order chi connectivity index (χ0) is 10.1. The minimum atomic E-state index is -1.71. The molecule has 13 heavy (non-hydrogen) atoms. The maximum Gasteiger partial charge on any atom is 0.490 e. The molecule has 72 valence electrons. The number of allylic oxidation sites excluding steroid dienone is 2. The van der Waals surface area contributed by atoms with E-state index >= 15 is 0 Å². The molecule has 0 aromatic carbocycles. The molecule has 0 aromatic rings. The van der Waals surface area contributed by atoms with Gasteiger partial charge in [-0.15, -0.1) is 0 Å². The zero-order valence-corrected chi connectivity index (χ0v) is 7.94. The molecule has 0 spiro atoms. The Hall–Kier alpha value is -0.575. The summed E-state index contributed by atoms with van der Waals surface area (Å²) in [5.41, 5.74) is -0.386. The average molecular weight is 182 g/mol. The van der Waals surface area contributed by atoms with Crippen LogP contribution in [0.25, 0.3) is 0 Å². The van der Waals surface area contributed by atoms with E-state index in [1.54, 1.807) is 6.08 Å². The quantitative estimate of drug-likeness (QED) is 0.537.